The normalized spacial score (nSPS) is 11.0. The van der Waals surface area contributed by atoms with Crippen LogP contribution in [-0.4, -0.2) is 40.2 Å². The highest BCUT2D eigenvalue weighted by Crippen LogP contribution is 2.19. The lowest BCUT2D eigenvalue weighted by atomic mass is 10.2. The maximum atomic E-state index is 12.1. The van der Waals surface area contributed by atoms with Gasteiger partial charge in [0.2, 0.25) is 0 Å². The minimum Gasteiger partial charge on any atom is -0.467 e. The van der Waals surface area contributed by atoms with Crippen LogP contribution in [0.5, 0.6) is 0 Å². The Labute approximate surface area is 169 Å². The van der Waals surface area contributed by atoms with E-state index in [1.807, 2.05) is 48.9 Å². The molecule has 3 aromatic rings. The summed E-state index contributed by atoms with van der Waals surface area (Å²) in [7, 11) is 1.62. The van der Waals surface area contributed by atoms with Crippen LogP contribution in [0, 0.1) is 13.8 Å². The van der Waals surface area contributed by atoms with Gasteiger partial charge in [0.25, 0.3) is 5.91 Å². The van der Waals surface area contributed by atoms with Crippen LogP contribution >= 0.6 is 0 Å². The molecule has 0 saturated carbocycles. The van der Waals surface area contributed by atoms with E-state index >= 15 is 0 Å². The van der Waals surface area contributed by atoms with E-state index in [-0.39, 0.29) is 12.5 Å². The fourth-order valence-electron chi connectivity index (χ4n) is 2.88. The number of aryl methyl sites for hydroxylation is 1. The number of benzene rings is 1. The molecule has 0 unspecified atom stereocenters. The standard InChI is InChI=1S/C22H23N3O4/c1-16-20(17(2)25(23-16)18-8-5-4-6-9-18)11-12-22(27)29-15-21(26)24(3)14-19-10-7-13-28-19/h4-13H,14-15H2,1-3H3/b12-11+. The molecule has 7 nitrogen and oxygen atoms in total. The van der Waals surface area contributed by atoms with Gasteiger partial charge in [-0.2, -0.15) is 5.10 Å². The topological polar surface area (TPSA) is 77.6 Å². The smallest absolute Gasteiger partial charge is 0.331 e. The number of amides is 1. The molecular formula is C22H23N3O4. The van der Waals surface area contributed by atoms with Crippen molar-refractivity contribution in [3.8, 4) is 5.69 Å². The molecule has 0 aliphatic carbocycles. The molecule has 0 atom stereocenters. The van der Waals surface area contributed by atoms with Gasteiger partial charge in [0.05, 0.1) is 24.2 Å². The number of ether oxygens (including phenoxy) is 1. The van der Waals surface area contributed by atoms with Gasteiger partial charge in [0.15, 0.2) is 6.61 Å². The van der Waals surface area contributed by atoms with Crippen LogP contribution in [0.25, 0.3) is 11.8 Å². The Morgan fingerprint density at radius 3 is 2.62 bits per heavy atom. The Kier molecular flexibility index (Phi) is 6.29. The number of hydrogen-bond donors (Lipinski definition) is 0. The summed E-state index contributed by atoms with van der Waals surface area (Å²) in [5.41, 5.74) is 3.49. The highest BCUT2D eigenvalue weighted by molar-refractivity contribution is 5.89. The maximum Gasteiger partial charge on any atom is 0.331 e. The van der Waals surface area contributed by atoms with E-state index in [0.717, 1.165) is 22.6 Å². The second kappa shape index (κ2) is 9.05. The largest absolute Gasteiger partial charge is 0.467 e. The molecule has 0 bridgehead atoms. The Bertz CT molecular complexity index is 1000. The number of carbonyl (C=O) groups is 2. The summed E-state index contributed by atoms with van der Waals surface area (Å²) in [4.78, 5) is 25.6. The van der Waals surface area contributed by atoms with Crippen LogP contribution in [0.2, 0.25) is 0 Å². The van der Waals surface area contributed by atoms with Crippen molar-refractivity contribution in [1.82, 2.24) is 14.7 Å². The third-order valence-electron chi connectivity index (χ3n) is 4.47. The quantitative estimate of drug-likeness (QED) is 0.455. The third-order valence-corrected chi connectivity index (χ3v) is 4.47. The second-order valence-electron chi connectivity index (χ2n) is 6.60. The minimum atomic E-state index is -0.587. The molecule has 0 aliphatic heterocycles. The van der Waals surface area contributed by atoms with Crippen LogP contribution < -0.4 is 0 Å². The van der Waals surface area contributed by atoms with E-state index in [1.165, 1.54) is 11.0 Å². The molecule has 3 rings (SSSR count). The van der Waals surface area contributed by atoms with Gasteiger partial charge in [-0.25, -0.2) is 9.48 Å². The van der Waals surface area contributed by atoms with Crippen molar-refractivity contribution in [3.05, 3.63) is 77.5 Å². The zero-order chi connectivity index (χ0) is 20.8. The van der Waals surface area contributed by atoms with Crippen molar-refractivity contribution in [2.24, 2.45) is 0 Å². The number of aromatic nitrogens is 2. The first-order chi connectivity index (χ1) is 14.0. The first kappa shape index (κ1) is 20.1. The molecule has 0 fully saturated rings. The maximum absolute atomic E-state index is 12.1. The molecule has 1 aromatic carbocycles. The number of rotatable bonds is 7. The third kappa shape index (κ3) is 5.01. The number of furan rings is 1. The van der Waals surface area contributed by atoms with Gasteiger partial charge in [0.1, 0.15) is 5.76 Å². The van der Waals surface area contributed by atoms with E-state index in [4.69, 9.17) is 9.15 Å². The van der Waals surface area contributed by atoms with Gasteiger partial charge in [0, 0.05) is 24.4 Å². The molecule has 0 spiro atoms. The van der Waals surface area contributed by atoms with Gasteiger partial charge >= 0.3 is 5.97 Å². The van der Waals surface area contributed by atoms with Crippen LogP contribution in [0.3, 0.4) is 0 Å². The molecule has 0 N–H and O–H groups in total. The molecule has 2 heterocycles. The zero-order valence-electron chi connectivity index (χ0n) is 16.7. The molecule has 1 amide bonds. The molecular weight excluding hydrogens is 370 g/mol. The fraction of sp³-hybridized carbons (Fsp3) is 0.227. The van der Waals surface area contributed by atoms with Gasteiger partial charge in [-0.3, -0.25) is 4.79 Å². The van der Waals surface area contributed by atoms with Gasteiger partial charge < -0.3 is 14.1 Å². The Morgan fingerprint density at radius 2 is 1.93 bits per heavy atom. The van der Waals surface area contributed by atoms with Gasteiger partial charge in [-0.15, -0.1) is 0 Å². The lowest BCUT2D eigenvalue weighted by Gasteiger charge is -2.15. The zero-order valence-corrected chi connectivity index (χ0v) is 16.7. The molecule has 29 heavy (non-hydrogen) atoms. The Balaban J connectivity index is 1.58. The summed E-state index contributed by atoms with van der Waals surface area (Å²) >= 11 is 0. The van der Waals surface area contributed by atoms with Crippen molar-refractivity contribution >= 4 is 18.0 Å². The average molecular weight is 393 g/mol. The molecule has 7 heteroatoms. The van der Waals surface area contributed by atoms with Crippen molar-refractivity contribution < 1.29 is 18.7 Å². The predicted octanol–water partition coefficient (Wildman–Crippen LogP) is 3.30. The van der Waals surface area contributed by atoms with E-state index in [2.05, 4.69) is 5.10 Å². The SMILES string of the molecule is Cc1nn(-c2ccccc2)c(C)c1/C=C/C(=O)OCC(=O)N(C)Cc1ccco1. The first-order valence-corrected chi connectivity index (χ1v) is 9.18. The second-order valence-corrected chi connectivity index (χ2v) is 6.60. The lowest BCUT2D eigenvalue weighted by Crippen LogP contribution is -2.30. The molecule has 0 aliphatic rings. The van der Waals surface area contributed by atoms with Crippen molar-refractivity contribution in [2.45, 2.75) is 20.4 Å². The molecule has 0 saturated heterocycles. The number of likely N-dealkylation sites (N-methyl/N-ethyl adjacent to an activating group) is 1. The summed E-state index contributed by atoms with van der Waals surface area (Å²) in [5, 5.41) is 4.53. The number of nitrogens with zero attached hydrogens (tertiary/aromatic N) is 3. The van der Waals surface area contributed by atoms with Crippen molar-refractivity contribution in [3.63, 3.8) is 0 Å². The number of carbonyl (C=O) groups excluding carboxylic acids is 2. The van der Waals surface area contributed by atoms with Crippen LogP contribution in [0.4, 0.5) is 0 Å². The van der Waals surface area contributed by atoms with Crippen LogP contribution in [-0.2, 0) is 20.9 Å². The van der Waals surface area contributed by atoms with Crippen LogP contribution in [0.1, 0.15) is 22.7 Å². The summed E-state index contributed by atoms with van der Waals surface area (Å²) < 4.78 is 12.1. The summed E-state index contributed by atoms with van der Waals surface area (Å²) in [5.74, 6) is -0.239. The summed E-state index contributed by atoms with van der Waals surface area (Å²) in [6, 6.07) is 13.3. The number of para-hydroxylation sites is 1. The van der Waals surface area contributed by atoms with E-state index in [0.29, 0.717) is 12.3 Å². The predicted molar refractivity (Wildman–Crippen MR) is 108 cm³/mol. The van der Waals surface area contributed by atoms with Crippen molar-refractivity contribution in [1.29, 1.82) is 0 Å². The minimum absolute atomic E-state index is 0.313. The van der Waals surface area contributed by atoms with E-state index in [1.54, 1.807) is 31.5 Å². The highest BCUT2D eigenvalue weighted by Gasteiger charge is 2.14. The molecule has 2 aromatic heterocycles. The first-order valence-electron chi connectivity index (χ1n) is 9.18. The number of esters is 1. The fourth-order valence-corrected chi connectivity index (χ4v) is 2.88. The van der Waals surface area contributed by atoms with Gasteiger partial charge in [-0.05, 0) is 44.2 Å². The molecule has 0 radical (unpaired) electrons. The highest BCUT2D eigenvalue weighted by atomic mass is 16.5. The van der Waals surface area contributed by atoms with Crippen LogP contribution in [0.15, 0.2) is 59.2 Å². The summed E-state index contributed by atoms with van der Waals surface area (Å²) in [6.45, 7) is 3.80. The van der Waals surface area contributed by atoms with E-state index < -0.39 is 5.97 Å². The van der Waals surface area contributed by atoms with Gasteiger partial charge in [-0.1, -0.05) is 18.2 Å². The number of hydrogen-bond acceptors (Lipinski definition) is 5. The van der Waals surface area contributed by atoms with E-state index in [9.17, 15) is 9.59 Å². The lowest BCUT2D eigenvalue weighted by molar-refractivity contribution is -0.147. The summed E-state index contributed by atoms with van der Waals surface area (Å²) in [6.07, 6.45) is 4.52. The monoisotopic (exact) mass is 393 g/mol. The van der Waals surface area contributed by atoms with Crippen molar-refractivity contribution in [2.75, 3.05) is 13.7 Å². The molecule has 150 valence electrons. The Morgan fingerprint density at radius 1 is 1.17 bits per heavy atom. The Hall–Kier alpha value is -3.61. The average Bonchev–Trinajstić information content (AvgIpc) is 3.33.